The second-order valence-corrected chi connectivity index (χ2v) is 7.22. The number of carbonyl (C=O) groups excluding carboxylic acids is 1. The van der Waals surface area contributed by atoms with E-state index in [2.05, 4.69) is 24.5 Å². The standard InChI is InChI=1S/C22H31NO3/c1-4-6-7-8-13-19-22(20(24)14-16(3)15-21(25)26)17-11-9-10-12-18(17)23(19)5-2/h9-12,16H,4-8,13-15H2,1-3H3,(H,25,26). The molecule has 0 bridgehead atoms. The van der Waals surface area contributed by atoms with Gasteiger partial charge in [0.2, 0.25) is 0 Å². The highest BCUT2D eigenvalue weighted by Gasteiger charge is 2.23. The van der Waals surface area contributed by atoms with Crippen LogP contribution in [0.2, 0.25) is 0 Å². The monoisotopic (exact) mass is 357 g/mol. The van der Waals surface area contributed by atoms with Gasteiger partial charge in [-0.15, -0.1) is 0 Å². The number of carboxylic acid groups (broad SMARTS) is 1. The zero-order valence-electron chi connectivity index (χ0n) is 16.3. The van der Waals surface area contributed by atoms with Crippen LogP contribution in [0, 0.1) is 5.92 Å². The van der Waals surface area contributed by atoms with E-state index in [9.17, 15) is 9.59 Å². The van der Waals surface area contributed by atoms with E-state index in [1.54, 1.807) is 0 Å². The molecule has 0 saturated carbocycles. The zero-order chi connectivity index (χ0) is 19.1. The van der Waals surface area contributed by atoms with Crippen LogP contribution in [-0.2, 0) is 17.8 Å². The molecule has 1 aromatic carbocycles. The Morgan fingerprint density at radius 2 is 1.81 bits per heavy atom. The van der Waals surface area contributed by atoms with Crippen molar-refractivity contribution >= 4 is 22.7 Å². The Balaban J connectivity index is 2.38. The number of aliphatic carboxylic acids is 1. The number of aromatic nitrogens is 1. The summed E-state index contributed by atoms with van der Waals surface area (Å²) in [5.74, 6) is -0.926. The van der Waals surface area contributed by atoms with Crippen LogP contribution in [0.1, 0.15) is 75.3 Å². The molecule has 0 radical (unpaired) electrons. The fourth-order valence-electron chi connectivity index (χ4n) is 3.80. The van der Waals surface area contributed by atoms with Crippen molar-refractivity contribution in [2.45, 2.75) is 72.3 Å². The lowest BCUT2D eigenvalue weighted by atomic mass is 9.94. The maximum absolute atomic E-state index is 13.1. The molecule has 1 atom stereocenters. The first kappa shape index (κ1) is 20.2. The van der Waals surface area contributed by atoms with Crippen molar-refractivity contribution in [3.8, 4) is 0 Å². The third-order valence-electron chi connectivity index (χ3n) is 5.00. The van der Waals surface area contributed by atoms with Crippen LogP contribution in [0.4, 0.5) is 0 Å². The van der Waals surface area contributed by atoms with E-state index in [1.807, 2.05) is 25.1 Å². The summed E-state index contributed by atoms with van der Waals surface area (Å²) in [6, 6.07) is 8.08. The summed E-state index contributed by atoms with van der Waals surface area (Å²) < 4.78 is 2.26. The van der Waals surface area contributed by atoms with Gasteiger partial charge in [0.05, 0.1) is 0 Å². The smallest absolute Gasteiger partial charge is 0.303 e. The molecular formula is C22H31NO3. The zero-order valence-corrected chi connectivity index (χ0v) is 16.3. The molecule has 1 N–H and O–H groups in total. The number of rotatable bonds is 11. The predicted octanol–water partition coefficient (Wildman–Crippen LogP) is 5.47. The van der Waals surface area contributed by atoms with Crippen LogP contribution >= 0.6 is 0 Å². The van der Waals surface area contributed by atoms with Crippen LogP contribution in [0.25, 0.3) is 10.9 Å². The molecule has 26 heavy (non-hydrogen) atoms. The van der Waals surface area contributed by atoms with Gasteiger partial charge in [-0.1, -0.05) is 51.3 Å². The minimum Gasteiger partial charge on any atom is -0.481 e. The van der Waals surface area contributed by atoms with Gasteiger partial charge in [-0.25, -0.2) is 0 Å². The Bertz CT molecular complexity index is 760. The van der Waals surface area contributed by atoms with Gasteiger partial charge in [-0.3, -0.25) is 9.59 Å². The number of carbonyl (C=O) groups is 2. The minimum atomic E-state index is -0.846. The van der Waals surface area contributed by atoms with Crippen LogP contribution in [0.15, 0.2) is 24.3 Å². The quantitative estimate of drug-likeness (QED) is 0.428. The molecule has 0 amide bonds. The van der Waals surface area contributed by atoms with Crippen molar-refractivity contribution in [2.75, 3.05) is 0 Å². The topological polar surface area (TPSA) is 59.3 Å². The normalized spacial score (nSPS) is 12.4. The number of hydrogen-bond donors (Lipinski definition) is 1. The Hall–Kier alpha value is -2.10. The number of unbranched alkanes of at least 4 members (excludes halogenated alkanes) is 3. The number of aryl methyl sites for hydroxylation is 1. The first-order valence-electron chi connectivity index (χ1n) is 9.84. The third kappa shape index (κ3) is 4.75. The number of benzene rings is 1. The molecule has 0 aliphatic heterocycles. The Labute approximate surface area is 156 Å². The predicted molar refractivity (Wildman–Crippen MR) is 106 cm³/mol. The van der Waals surface area contributed by atoms with E-state index in [0.29, 0.717) is 0 Å². The fraction of sp³-hybridized carbons (Fsp3) is 0.545. The number of nitrogens with zero attached hydrogens (tertiary/aromatic N) is 1. The van der Waals surface area contributed by atoms with Crippen LogP contribution < -0.4 is 0 Å². The summed E-state index contributed by atoms with van der Waals surface area (Å²) in [7, 11) is 0. The van der Waals surface area contributed by atoms with Gasteiger partial charge in [-0.05, 0) is 31.7 Å². The Morgan fingerprint density at radius 1 is 1.08 bits per heavy atom. The number of hydrogen-bond acceptors (Lipinski definition) is 2. The number of Topliss-reactive ketones (excluding diaryl/α,β-unsaturated/α-hetero) is 1. The van der Waals surface area contributed by atoms with Gasteiger partial charge in [0, 0.05) is 41.5 Å². The number of carboxylic acids is 1. The molecule has 4 nitrogen and oxygen atoms in total. The first-order valence-corrected chi connectivity index (χ1v) is 9.84. The SMILES string of the molecule is CCCCCCc1c(C(=O)CC(C)CC(=O)O)c2ccccc2n1CC. The maximum Gasteiger partial charge on any atom is 0.303 e. The van der Waals surface area contributed by atoms with E-state index >= 15 is 0 Å². The largest absolute Gasteiger partial charge is 0.481 e. The molecule has 0 spiro atoms. The third-order valence-corrected chi connectivity index (χ3v) is 5.00. The first-order chi connectivity index (χ1) is 12.5. The average molecular weight is 357 g/mol. The second kappa shape index (κ2) is 9.56. The van der Waals surface area contributed by atoms with Crippen molar-refractivity contribution < 1.29 is 14.7 Å². The summed E-state index contributed by atoms with van der Waals surface area (Å²) in [6.45, 7) is 6.98. The van der Waals surface area contributed by atoms with Gasteiger partial charge < -0.3 is 9.67 Å². The summed E-state index contributed by atoms with van der Waals surface area (Å²) in [5.41, 5.74) is 3.04. The van der Waals surface area contributed by atoms with E-state index < -0.39 is 5.97 Å². The molecule has 1 unspecified atom stereocenters. The summed E-state index contributed by atoms with van der Waals surface area (Å²) >= 11 is 0. The van der Waals surface area contributed by atoms with Crippen molar-refractivity contribution in [1.29, 1.82) is 0 Å². The number of fused-ring (bicyclic) bond motifs is 1. The average Bonchev–Trinajstić information content (AvgIpc) is 2.91. The Morgan fingerprint density at radius 3 is 2.46 bits per heavy atom. The van der Waals surface area contributed by atoms with Gasteiger partial charge in [0.15, 0.2) is 5.78 Å². The van der Waals surface area contributed by atoms with E-state index in [-0.39, 0.29) is 24.5 Å². The van der Waals surface area contributed by atoms with Crippen LogP contribution in [-0.4, -0.2) is 21.4 Å². The molecule has 0 saturated heterocycles. The summed E-state index contributed by atoms with van der Waals surface area (Å²) in [6.07, 6.45) is 5.87. The molecule has 2 rings (SSSR count). The fourth-order valence-corrected chi connectivity index (χ4v) is 3.80. The lowest BCUT2D eigenvalue weighted by Gasteiger charge is -2.12. The van der Waals surface area contributed by atoms with Crippen molar-refractivity contribution in [2.24, 2.45) is 5.92 Å². The molecule has 0 aliphatic carbocycles. The molecule has 1 heterocycles. The van der Waals surface area contributed by atoms with Gasteiger partial charge in [-0.2, -0.15) is 0 Å². The summed E-state index contributed by atoms with van der Waals surface area (Å²) in [4.78, 5) is 24.0. The maximum atomic E-state index is 13.1. The number of para-hydroxylation sites is 1. The minimum absolute atomic E-state index is 0.0317. The van der Waals surface area contributed by atoms with Crippen molar-refractivity contribution in [3.63, 3.8) is 0 Å². The summed E-state index contributed by atoms with van der Waals surface area (Å²) in [5, 5.41) is 9.99. The lowest BCUT2D eigenvalue weighted by Crippen LogP contribution is -2.12. The van der Waals surface area contributed by atoms with Crippen LogP contribution in [0.5, 0.6) is 0 Å². The van der Waals surface area contributed by atoms with Gasteiger partial charge in [0.1, 0.15) is 0 Å². The molecule has 2 aromatic rings. The molecule has 142 valence electrons. The van der Waals surface area contributed by atoms with Gasteiger partial charge in [0.25, 0.3) is 0 Å². The highest BCUT2D eigenvalue weighted by Crippen LogP contribution is 2.30. The lowest BCUT2D eigenvalue weighted by molar-refractivity contribution is -0.137. The van der Waals surface area contributed by atoms with E-state index in [1.165, 1.54) is 19.3 Å². The molecule has 0 fully saturated rings. The highest BCUT2D eigenvalue weighted by molar-refractivity contribution is 6.09. The van der Waals surface area contributed by atoms with Crippen LogP contribution in [0.3, 0.4) is 0 Å². The molecule has 0 aliphatic rings. The Kier molecular flexibility index (Phi) is 7.43. The molecule has 1 aromatic heterocycles. The number of ketones is 1. The van der Waals surface area contributed by atoms with Crippen molar-refractivity contribution in [1.82, 2.24) is 4.57 Å². The van der Waals surface area contributed by atoms with E-state index in [0.717, 1.165) is 41.5 Å². The molecule has 4 heteroatoms. The van der Waals surface area contributed by atoms with E-state index in [4.69, 9.17) is 5.11 Å². The second-order valence-electron chi connectivity index (χ2n) is 7.22. The van der Waals surface area contributed by atoms with Gasteiger partial charge >= 0.3 is 5.97 Å². The molecular weight excluding hydrogens is 326 g/mol. The van der Waals surface area contributed by atoms with Crippen molar-refractivity contribution in [3.05, 3.63) is 35.5 Å². The highest BCUT2D eigenvalue weighted by atomic mass is 16.4.